The van der Waals surface area contributed by atoms with Crippen LogP contribution < -0.4 is 38.1 Å². The molecule has 0 spiro atoms. The minimum atomic E-state index is -1.89. The van der Waals surface area contributed by atoms with Crippen LogP contribution >= 0.6 is 0 Å². The number of benzene rings is 2. The molecule has 2 aliphatic rings. The maximum atomic E-state index is 15.0. The van der Waals surface area contributed by atoms with Gasteiger partial charge in [0.2, 0.25) is 41.4 Å². The smallest absolute Gasteiger partial charge is 0.329 e. The number of guanidine groups is 1. The summed E-state index contributed by atoms with van der Waals surface area (Å²) in [5.74, 6) is -9.97. The van der Waals surface area contributed by atoms with Crippen molar-refractivity contribution in [3.05, 3.63) is 65.7 Å². The van der Waals surface area contributed by atoms with Crippen LogP contribution in [0.5, 0.6) is 5.75 Å². The first-order valence-electron chi connectivity index (χ1n) is 23.2. The SMILES string of the molecule is CCCC(=O)N[C@@H](CC(=O)O)C(=O)N[C@@H]1C(=O)N[C@@H](CCCN=C(N)N)C(=O)N[C@@H]2CC[C@H](O)N(C2=O)[C@H](Cc2ccccc2)C(=O)N(C)[C@@H](Cc2ccc(O)cc2)C(=O)N[C@H](C(C)C)C(=O)O[C@@H]1C. The van der Waals surface area contributed by atoms with Gasteiger partial charge in [0.1, 0.15) is 60.4 Å². The van der Waals surface area contributed by atoms with Gasteiger partial charge < -0.3 is 67.9 Å². The largest absolute Gasteiger partial charge is 0.508 e. The summed E-state index contributed by atoms with van der Waals surface area (Å²) in [4.78, 5) is 132. The van der Waals surface area contributed by atoms with E-state index in [9.17, 15) is 53.7 Å². The number of nitrogens with one attached hydrogen (secondary N) is 5. The van der Waals surface area contributed by atoms with Crippen molar-refractivity contribution >= 4 is 59.2 Å². The third kappa shape index (κ3) is 15.6. The first-order valence-corrected chi connectivity index (χ1v) is 23.2. The number of carbonyl (C=O) groups excluding carboxylic acids is 8. The zero-order chi connectivity index (χ0) is 51.8. The lowest BCUT2D eigenvalue weighted by atomic mass is 9.95. The average Bonchev–Trinajstić information content (AvgIpc) is 3.30. The molecule has 2 fully saturated rings. The quantitative estimate of drug-likeness (QED) is 0.0403. The van der Waals surface area contributed by atoms with E-state index in [4.69, 9.17) is 16.2 Å². The molecule has 2 bridgehead atoms. The number of aromatic hydroxyl groups is 1. The molecular weight excluding hydrogens is 913 g/mol. The number of ether oxygens (including phenoxy) is 1. The first-order chi connectivity index (χ1) is 33.1. The van der Waals surface area contributed by atoms with Crippen LogP contribution in [0.3, 0.4) is 0 Å². The van der Waals surface area contributed by atoms with Crippen molar-refractivity contribution in [2.45, 2.75) is 140 Å². The first kappa shape index (κ1) is 55.3. The van der Waals surface area contributed by atoms with Gasteiger partial charge in [0, 0.05) is 32.9 Å². The summed E-state index contributed by atoms with van der Waals surface area (Å²) in [6.07, 6.45) is -4.42. The summed E-state index contributed by atoms with van der Waals surface area (Å²) >= 11 is 0. The van der Waals surface area contributed by atoms with E-state index < -0.39 is 120 Å². The van der Waals surface area contributed by atoms with E-state index in [0.717, 1.165) is 9.80 Å². The predicted molar refractivity (Wildman–Crippen MR) is 252 cm³/mol. The lowest BCUT2D eigenvalue weighted by Gasteiger charge is -2.43. The molecule has 2 saturated heterocycles. The lowest BCUT2D eigenvalue weighted by Crippen LogP contribution is -2.65. The van der Waals surface area contributed by atoms with E-state index in [2.05, 4.69) is 31.6 Å². The van der Waals surface area contributed by atoms with E-state index in [1.165, 1.54) is 38.2 Å². The van der Waals surface area contributed by atoms with Gasteiger partial charge in [0.05, 0.1) is 6.42 Å². The van der Waals surface area contributed by atoms with Gasteiger partial charge in [0.25, 0.3) is 0 Å². The number of phenolic OH excluding ortho intramolecular Hbond substituents is 1. The third-order valence-electron chi connectivity index (χ3n) is 11.9. The molecule has 70 heavy (non-hydrogen) atoms. The van der Waals surface area contributed by atoms with Crippen LogP contribution in [0.2, 0.25) is 0 Å². The molecule has 9 atom stereocenters. The number of carboxylic acids is 1. The molecule has 2 heterocycles. The Labute approximate surface area is 405 Å². The molecule has 7 amide bonds. The number of aliphatic hydroxyl groups is 1. The van der Waals surface area contributed by atoms with Crippen LogP contribution in [0.15, 0.2) is 59.6 Å². The number of nitrogens with zero attached hydrogens (tertiary/aromatic N) is 3. The van der Waals surface area contributed by atoms with Crippen LogP contribution in [0.4, 0.5) is 0 Å². The summed E-state index contributed by atoms with van der Waals surface area (Å²) in [6, 6.07) is 3.60. The molecule has 0 saturated carbocycles. The molecule has 2 aromatic rings. The molecule has 23 heteroatoms. The second kappa shape index (κ2) is 25.9. The summed E-state index contributed by atoms with van der Waals surface area (Å²) in [5.41, 5.74) is 12.1. The van der Waals surface area contributed by atoms with Crippen molar-refractivity contribution in [2.75, 3.05) is 13.6 Å². The number of hydrogen-bond donors (Lipinski definition) is 10. The van der Waals surface area contributed by atoms with E-state index in [1.807, 2.05) is 0 Å². The summed E-state index contributed by atoms with van der Waals surface area (Å²) < 4.78 is 5.80. The summed E-state index contributed by atoms with van der Waals surface area (Å²) in [7, 11) is 1.33. The zero-order valence-corrected chi connectivity index (χ0v) is 40.0. The Morgan fingerprint density at radius 1 is 0.871 bits per heavy atom. The van der Waals surface area contributed by atoms with Gasteiger partial charge in [-0.25, -0.2) is 4.79 Å². The minimum absolute atomic E-state index is 0.0142. The van der Waals surface area contributed by atoms with Gasteiger partial charge in [0.15, 0.2) is 5.96 Å². The second-order valence-electron chi connectivity index (χ2n) is 17.7. The number of piperidine rings is 1. The fourth-order valence-corrected chi connectivity index (χ4v) is 8.10. The standard InChI is InChI=1S/C47H66N10O13/c1-6-11-35(59)51-32(24-37(61)62)41(64)55-39-26(4)70-46(69)38(25(2)3)54-42(65)33(22-28-15-17-29(58)18-16-28)56(5)45(68)34(23-27-12-8-7-9-13-27)57-36(60)20-19-31(44(57)67)53-40(63)30(52-43(39)66)14-10-21-50-47(48)49/h7-9,12-13,15-18,25-26,30-34,36,38-39,58,60H,6,10-11,14,19-24H2,1-5H3,(H,51,59)(H,52,66)(H,53,63)(H,54,65)(H,55,64)(H,61,62)(H4,48,49,50)/t26-,30+,31-,32+,33+,34-,36+,38-,39+/m1/s1. The number of nitrogens with two attached hydrogens (primary N) is 2. The topological polar surface area (TPSA) is 355 Å². The molecule has 12 N–H and O–H groups in total. The molecule has 2 aromatic carbocycles. The minimum Gasteiger partial charge on any atom is -0.508 e. The number of phenols is 1. The van der Waals surface area contributed by atoms with Crippen molar-refractivity contribution in [3.8, 4) is 5.75 Å². The highest BCUT2D eigenvalue weighted by atomic mass is 16.5. The van der Waals surface area contributed by atoms with Crippen molar-refractivity contribution in [3.63, 3.8) is 0 Å². The molecule has 0 aromatic heterocycles. The maximum Gasteiger partial charge on any atom is 0.329 e. The van der Waals surface area contributed by atoms with Crippen LogP contribution in [0.1, 0.15) is 83.8 Å². The second-order valence-corrected chi connectivity index (χ2v) is 17.7. The Bertz CT molecular complexity index is 2220. The monoisotopic (exact) mass is 978 g/mol. The number of fused-ring (bicyclic) bond motifs is 2. The zero-order valence-electron chi connectivity index (χ0n) is 40.0. The molecule has 0 unspecified atom stereocenters. The Hall–Kier alpha value is -7.30. The number of likely N-dealkylation sites (N-methyl/N-ethyl adjacent to an activating group) is 1. The highest BCUT2D eigenvalue weighted by Gasteiger charge is 2.46. The third-order valence-corrected chi connectivity index (χ3v) is 11.9. The Balaban J connectivity index is 1.89. The van der Waals surface area contributed by atoms with Crippen molar-refractivity contribution in [1.29, 1.82) is 0 Å². The highest BCUT2D eigenvalue weighted by Crippen LogP contribution is 2.26. The fourth-order valence-electron chi connectivity index (χ4n) is 8.10. The molecule has 382 valence electrons. The van der Waals surface area contributed by atoms with Gasteiger partial charge >= 0.3 is 11.9 Å². The van der Waals surface area contributed by atoms with E-state index in [0.29, 0.717) is 17.5 Å². The lowest BCUT2D eigenvalue weighted by molar-refractivity contribution is -0.165. The molecule has 0 radical (unpaired) electrons. The Kier molecular flexibility index (Phi) is 20.5. The van der Waals surface area contributed by atoms with Crippen molar-refractivity contribution < 1.29 is 63.2 Å². The number of amides is 7. The number of carboxylic acid groups (broad SMARTS) is 1. The summed E-state index contributed by atoms with van der Waals surface area (Å²) in [6.45, 7) is 6.07. The molecule has 4 rings (SSSR count). The van der Waals surface area contributed by atoms with Crippen LogP contribution in [0.25, 0.3) is 0 Å². The predicted octanol–water partition coefficient (Wildman–Crippen LogP) is -1.33. The maximum absolute atomic E-state index is 15.0. The normalized spacial score (nSPS) is 24.4. The number of esters is 1. The molecule has 23 nitrogen and oxygen atoms in total. The highest BCUT2D eigenvalue weighted by molar-refractivity contribution is 5.99. The fraction of sp³-hybridized carbons (Fsp3) is 0.532. The van der Waals surface area contributed by atoms with Crippen molar-refractivity contribution in [1.82, 2.24) is 36.4 Å². The number of aliphatic hydroxyl groups excluding tert-OH is 1. The van der Waals surface area contributed by atoms with Gasteiger partial charge in [-0.1, -0.05) is 63.2 Å². The molecule has 0 aliphatic carbocycles. The van der Waals surface area contributed by atoms with E-state index >= 15 is 4.79 Å². The van der Waals surface area contributed by atoms with Crippen LogP contribution in [-0.2, 0) is 60.7 Å². The van der Waals surface area contributed by atoms with Crippen molar-refractivity contribution in [2.24, 2.45) is 22.4 Å². The number of aliphatic carboxylic acids is 1. The number of carbonyl (C=O) groups is 9. The Morgan fingerprint density at radius 2 is 1.51 bits per heavy atom. The Morgan fingerprint density at radius 3 is 2.13 bits per heavy atom. The summed E-state index contributed by atoms with van der Waals surface area (Å²) in [5, 5.41) is 43.8. The van der Waals surface area contributed by atoms with E-state index in [-0.39, 0.29) is 63.2 Å². The van der Waals surface area contributed by atoms with Crippen LogP contribution in [0, 0.1) is 5.92 Å². The molecule has 2 aliphatic heterocycles. The number of cyclic esters (lactones) is 1. The van der Waals surface area contributed by atoms with Crippen LogP contribution in [-0.4, -0.2) is 153 Å². The van der Waals surface area contributed by atoms with Gasteiger partial charge in [-0.2, -0.15) is 0 Å². The number of rotatable bonds is 16. The average molecular weight is 979 g/mol. The van der Waals surface area contributed by atoms with E-state index in [1.54, 1.807) is 51.1 Å². The molecular formula is C47H66N10O13. The number of aliphatic imine (C=N–C) groups is 1. The van der Waals surface area contributed by atoms with Gasteiger partial charge in [-0.15, -0.1) is 0 Å². The number of hydrogen-bond acceptors (Lipinski definition) is 13. The van der Waals surface area contributed by atoms with Gasteiger partial charge in [-0.3, -0.25) is 43.3 Å². The van der Waals surface area contributed by atoms with Gasteiger partial charge in [-0.05, 0) is 68.2 Å².